The molecule has 0 aliphatic carbocycles. The number of carbonyl (C=O) groups excluding carboxylic acids is 1. The molecule has 2 heterocycles. The van der Waals surface area contributed by atoms with Crippen LogP contribution in [0.4, 0.5) is 10.5 Å². The van der Waals surface area contributed by atoms with Gasteiger partial charge in [-0.05, 0) is 57.2 Å². The monoisotopic (exact) mass is 563 g/mol. The number of hydrogen-bond acceptors (Lipinski definition) is 6. The third-order valence-corrected chi connectivity index (χ3v) is 8.21. The third kappa shape index (κ3) is 5.13. The lowest BCUT2D eigenvalue weighted by molar-refractivity contribution is 0.0240. The van der Waals surface area contributed by atoms with Crippen LogP contribution < -0.4 is 9.64 Å². The number of aryl methyl sites for hydroxylation is 1. The van der Waals surface area contributed by atoms with E-state index in [2.05, 4.69) is 15.9 Å². The van der Waals surface area contributed by atoms with Gasteiger partial charge in [-0.3, -0.25) is 0 Å². The molecule has 8 nitrogen and oxygen atoms in total. The first-order valence-corrected chi connectivity index (χ1v) is 13.6. The number of methoxy groups -OCH3 is 1. The van der Waals surface area contributed by atoms with Crippen molar-refractivity contribution < 1.29 is 22.7 Å². The third-order valence-electron chi connectivity index (χ3n) is 5.94. The fourth-order valence-electron chi connectivity index (χ4n) is 4.21. The number of aromatic nitrogens is 1. The average molecular weight is 565 g/mol. The van der Waals surface area contributed by atoms with Gasteiger partial charge in [0.15, 0.2) is 0 Å². The summed E-state index contributed by atoms with van der Waals surface area (Å²) in [6.07, 6.45) is 1.30. The number of nitrogens with zero attached hydrogens (tertiary/aromatic N) is 3. The second kappa shape index (κ2) is 9.39. The van der Waals surface area contributed by atoms with Crippen LogP contribution in [0.1, 0.15) is 20.8 Å². The van der Waals surface area contributed by atoms with E-state index < -0.39 is 15.4 Å². The van der Waals surface area contributed by atoms with Crippen LogP contribution in [-0.2, 0) is 21.6 Å². The molecule has 2 aromatic carbocycles. The van der Waals surface area contributed by atoms with E-state index in [1.165, 1.54) is 0 Å². The molecule has 0 bridgehead atoms. The Morgan fingerprint density at radius 1 is 1.03 bits per heavy atom. The van der Waals surface area contributed by atoms with Gasteiger partial charge >= 0.3 is 6.09 Å². The lowest BCUT2D eigenvalue weighted by atomic mass is 10.2. The van der Waals surface area contributed by atoms with Crippen LogP contribution in [0.5, 0.6) is 5.75 Å². The number of anilines is 1. The van der Waals surface area contributed by atoms with E-state index >= 15 is 0 Å². The van der Waals surface area contributed by atoms with Crippen molar-refractivity contribution in [1.29, 1.82) is 0 Å². The van der Waals surface area contributed by atoms with Gasteiger partial charge in [0.1, 0.15) is 11.4 Å². The summed E-state index contributed by atoms with van der Waals surface area (Å²) in [7, 11) is -0.407. The number of sulfone groups is 1. The Morgan fingerprint density at radius 2 is 1.71 bits per heavy atom. The van der Waals surface area contributed by atoms with Crippen LogP contribution in [0, 0.1) is 0 Å². The van der Waals surface area contributed by atoms with E-state index in [1.54, 1.807) is 36.4 Å². The quantitative estimate of drug-likeness (QED) is 0.451. The van der Waals surface area contributed by atoms with E-state index in [1.807, 2.05) is 55.5 Å². The summed E-state index contributed by atoms with van der Waals surface area (Å²) in [6.45, 7) is 7.51. The van der Waals surface area contributed by atoms with E-state index in [0.717, 1.165) is 9.99 Å². The van der Waals surface area contributed by atoms with Gasteiger partial charge in [-0.1, -0.05) is 15.9 Å². The highest BCUT2D eigenvalue weighted by Crippen LogP contribution is 2.36. The van der Waals surface area contributed by atoms with Crippen molar-refractivity contribution in [1.82, 2.24) is 9.47 Å². The number of rotatable bonds is 4. The number of carbonyl (C=O) groups is 1. The average Bonchev–Trinajstić information content (AvgIpc) is 3.14. The van der Waals surface area contributed by atoms with Gasteiger partial charge in [0.2, 0.25) is 9.84 Å². The van der Waals surface area contributed by atoms with Crippen LogP contribution >= 0.6 is 15.9 Å². The number of halogens is 1. The van der Waals surface area contributed by atoms with Gasteiger partial charge in [0.05, 0.1) is 22.6 Å². The molecule has 1 amide bonds. The molecular formula is C25H30BrN3O5S. The second-order valence-electron chi connectivity index (χ2n) is 9.56. The maximum Gasteiger partial charge on any atom is 0.410 e. The normalized spacial score (nSPS) is 14.9. The molecule has 1 fully saturated rings. The molecule has 3 aromatic rings. The molecule has 35 heavy (non-hydrogen) atoms. The maximum absolute atomic E-state index is 13.7. The first-order chi connectivity index (χ1) is 16.4. The minimum absolute atomic E-state index is 0.190. The molecule has 0 atom stereocenters. The molecule has 188 valence electrons. The van der Waals surface area contributed by atoms with Crippen LogP contribution in [0.25, 0.3) is 10.9 Å². The summed E-state index contributed by atoms with van der Waals surface area (Å²) >= 11 is 3.45. The van der Waals surface area contributed by atoms with Crippen molar-refractivity contribution in [3.05, 3.63) is 47.1 Å². The molecule has 1 aliphatic heterocycles. The fourth-order valence-corrected chi connectivity index (χ4v) is 6.09. The zero-order valence-corrected chi connectivity index (χ0v) is 22.9. The van der Waals surface area contributed by atoms with Crippen LogP contribution in [-0.4, -0.2) is 62.9 Å². The van der Waals surface area contributed by atoms with E-state index in [4.69, 9.17) is 9.47 Å². The summed E-state index contributed by atoms with van der Waals surface area (Å²) in [6, 6.07) is 10.5. The predicted molar refractivity (Wildman–Crippen MR) is 139 cm³/mol. The standard InChI is InChI=1S/C25H30BrN3O5S/c1-25(2,3)34-24(30)29-12-10-28(11-13-29)21-15-18(7-9-22(21)33-5)35(31,32)23-16-27(4)20-8-6-17(26)14-19(20)23/h6-9,14-16H,10-13H2,1-5H3. The number of ether oxygens (including phenoxy) is 2. The largest absolute Gasteiger partial charge is 0.495 e. The molecule has 0 saturated carbocycles. The molecule has 0 spiro atoms. The lowest BCUT2D eigenvalue weighted by Gasteiger charge is -2.37. The SMILES string of the molecule is COc1ccc(S(=O)(=O)c2cn(C)c3ccc(Br)cc23)cc1N1CCN(C(=O)OC(C)(C)C)CC1. The summed E-state index contributed by atoms with van der Waals surface area (Å²) in [5.74, 6) is 0.579. The lowest BCUT2D eigenvalue weighted by Crippen LogP contribution is -2.50. The highest BCUT2D eigenvalue weighted by Gasteiger charge is 2.29. The number of piperazine rings is 1. The van der Waals surface area contributed by atoms with Gasteiger partial charge in [-0.15, -0.1) is 0 Å². The molecule has 0 N–H and O–H groups in total. The van der Waals surface area contributed by atoms with Crippen LogP contribution in [0.15, 0.2) is 56.9 Å². The minimum atomic E-state index is -3.80. The van der Waals surface area contributed by atoms with E-state index in [0.29, 0.717) is 43.0 Å². The smallest absolute Gasteiger partial charge is 0.410 e. The highest BCUT2D eigenvalue weighted by molar-refractivity contribution is 9.10. The molecule has 0 unspecified atom stereocenters. The number of fused-ring (bicyclic) bond motifs is 1. The zero-order valence-electron chi connectivity index (χ0n) is 20.5. The van der Waals surface area contributed by atoms with Crippen molar-refractivity contribution in [3.8, 4) is 5.75 Å². The summed E-state index contributed by atoms with van der Waals surface area (Å²) in [5, 5.41) is 0.658. The Hall–Kier alpha value is -2.72. The Balaban J connectivity index is 1.64. The Kier molecular flexibility index (Phi) is 6.80. The van der Waals surface area contributed by atoms with Crippen molar-refractivity contribution in [3.63, 3.8) is 0 Å². The number of amides is 1. The van der Waals surface area contributed by atoms with Crippen molar-refractivity contribution >= 4 is 48.5 Å². The van der Waals surface area contributed by atoms with E-state index in [9.17, 15) is 13.2 Å². The van der Waals surface area contributed by atoms with Crippen LogP contribution in [0.2, 0.25) is 0 Å². The summed E-state index contributed by atoms with van der Waals surface area (Å²) in [5.41, 5.74) is 0.953. The van der Waals surface area contributed by atoms with E-state index in [-0.39, 0.29) is 15.9 Å². The fraction of sp³-hybridized carbons (Fsp3) is 0.400. The van der Waals surface area contributed by atoms with Crippen molar-refractivity contribution in [2.45, 2.75) is 36.2 Å². The molecule has 1 aliphatic rings. The predicted octanol–water partition coefficient (Wildman–Crippen LogP) is 4.84. The number of benzene rings is 2. The second-order valence-corrected chi connectivity index (χ2v) is 12.4. The van der Waals surface area contributed by atoms with Gasteiger partial charge in [0, 0.05) is 54.8 Å². The Labute approximate surface area is 214 Å². The molecule has 0 radical (unpaired) electrons. The van der Waals surface area contributed by atoms with Crippen molar-refractivity contribution in [2.75, 3.05) is 38.2 Å². The Bertz CT molecular complexity index is 1370. The minimum Gasteiger partial charge on any atom is -0.495 e. The number of hydrogen-bond donors (Lipinski definition) is 0. The van der Waals surface area contributed by atoms with Gasteiger partial charge in [-0.25, -0.2) is 13.2 Å². The first kappa shape index (κ1) is 25.4. The van der Waals surface area contributed by atoms with Crippen molar-refractivity contribution in [2.24, 2.45) is 7.05 Å². The van der Waals surface area contributed by atoms with Gasteiger partial charge < -0.3 is 23.8 Å². The van der Waals surface area contributed by atoms with Gasteiger partial charge in [0.25, 0.3) is 0 Å². The molecule has 1 aromatic heterocycles. The summed E-state index contributed by atoms with van der Waals surface area (Å²) < 4.78 is 41.1. The Morgan fingerprint density at radius 3 is 2.34 bits per heavy atom. The zero-order chi connectivity index (χ0) is 25.5. The first-order valence-electron chi connectivity index (χ1n) is 11.3. The molecule has 4 rings (SSSR count). The maximum atomic E-state index is 13.7. The summed E-state index contributed by atoms with van der Waals surface area (Å²) in [4.78, 5) is 16.6. The molecule has 10 heteroatoms. The van der Waals surface area contributed by atoms with Crippen LogP contribution in [0.3, 0.4) is 0 Å². The molecule has 1 saturated heterocycles. The topological polar surface area (TPSA) is 81.1 Å². The van der Waals surface area contributed by atoms with Gasteiger partial charge in [-0.2, -0.15) is 0 Å². The molecular weight excluding hydrogens is 534 g/mol. The highest BCUT2D eigenvalue weighted by atomic mass is 79.9.